The fourth-order valence-corrected chi connectivity index (χ4v) is 3.04. The van der Waals surface area contributed by atoms with E-state index in [1.165, 1.54) is 0 Å². The molecule has 0 atom stereocenters. The fourth-order valence-electron chi connectivity index (χ4n) is 3.04. The minimum Gasteiger partial charge on any atom is -0.497 e. The molecule has 0 aliphatic carbocycles. The SMILES string of the molecule is COc1ccc(/C(=C2/OC(=O)c3ccccc32)c2ccccc2)cc1. The molecule has 0 radical (unpaired) electrons. The Hall–Kier alpha value is -3.33. The smallest absolute Gasteiger partial charge is 0.344 e. The Bertz CT molecular complexity index is 954. The summed E-state index contributed by atoms with van der Waals surface area (Å²) in [5.41, 5.74) is 4.27. The second-order valence-corrected chi connectivity index (χ2v) is 5.73. The second kappa shape index (κ2) is 6.29. The summed E-state index contributed by atoms with van der Waals surface area (Å²) < 4.78 is 10.9. The third-order valence-electron chi connectivity index (χ3n) is 4.25. The van der Waals surface area contributed by atoms with Crippen molar-refractivity contribution in [2.45, 2.75) is 0 Å². The van der Waals surface area contributed by atoms with Crippen LogP contribution in [0.3, 0.4) is 0 Å². The van der Waals surface area contributed by atoms with Crippen molar-refractivity contribution in [3.8, 4) is 5.75 Å². The Morgan fingerprint density at radius 3 is 2.04 bits per heavy atom. The summed E-state index contributed by atoms with van der Waals surface area (Å²) >= 11 is 0. The molecule has 0 N–H and O–H groups in total. The third-order valence-corrected chi connectivity index (χ3v) is 4.25. The molecular formula is C22H16O3. The predicted molar refractivity (Wildman–Crippen MR) is 97.2 cm³/mol. The van der Waals surface area contributed by atoms with Crippen LogP contribution in [-0.2, 0) is 4.74 Å². The van der Waals surface area contributed by atoms with Crippen LogP contribution < -0.4 is 4.74 Å². The van der Waals surface area contributed by atoms with Crippen LogP contribution in [0.2, 0.25) is 0 Å². The van der Waals surface area contributed by atoms with Gasteiger partial charge in [0.1, 0.15) is 11.5 Å². The molecular weight excluding hydrogens is 312 g/mol. The van der Waals surface area contributed by atoms with Crippen molar-refractivity contribution < 1.29 is 14.3 Å². The van der Waals surface area contributed by atoms with Crippen LogP contribution in [0.1, 0.15) is 27.0 Å². The topological polar surface area (TPSA) is 35.5 Å². The molecule has 0 bridgehead atoms. The van der Waals surface area contributed by atoms with Crippen LogP contribution in [-0.4, -0.2) is 13.1 Å². The van der Waals surface area contributed by atoms with Crippen molar-refractivity contribution in [3.05, 3.63) is 101 Å². The van der Waals surface area contributed by atoms with E-state index >= 15 is 0 Å². The maximum atomic E-state index is 12.3. The summed E-state index contributed by atoms with van der Waals surface area (Å²) in [5.74, 6) is 1.06. The molecule has 0 saturated carbocycles. The molecule has 1 heterocycles. The average molecular weight is 328 g/mol. The first-order valence-electron chi connectivity index (χ1n) is 8.03. The van der Waals surface area contributed by atoms with Gasteiger partial charge in [-0.2, -0.15) is 0 Å². The lowest BCUT2D eigenvalue weighted by atomic mass is 9.93. The number of hydrogen-bond acceptors (Lipinski definition) is 3. The van der Waals surface area contributed by atoms with Crippen LogP contribution in [0, 0.1) is 0 Å². The Morgan fingerprint density at radius 2 is 1.36 bits per heavy atom. The average Bonchev–Trinajstić information content (AvgIpc) is 3.00. The molecule has 3 aromatic carbocycles. The Balaban J connectivity index is 1.97. The number of carbonyl (C=O) groups excluding carboxylic acids is 1. The van der Waals surface area contributed by atoms with Gasteiger partial charge in [-0.05, 0) is 29.3 Å². The zero-order valence-electron chi connectivity index (χ0n) is 13.7. The van der Waals surface area contributed by atoms with Crippen molar-refractivity contribution in [3.63, 3.8) is 0 Å². The van der Waals surface area contributed by atoms with Crippen molar-refractivity contribution >= 4 is 17.3 Å². The summed E-state index contributed by atoms with van der Waals surface area (Å²) in [6.45, 7) is 0. The number of methoxy groups -OCH3 is 1. The summed E-state index contributed by atoms with van der Waals surface area (Å²) in [6, 6.07) is 25.2. The molecule has 0 spiro atoms. The summed E-state index contributed by atoms with van der Waals surface area (Å²) in [7, 11) is 1.64. The lowest BCUT2D eigenvalue weighted by Gasteiger charge is -2.13. The van der Waals surface area contributed by atoms with Gasteiger partial charge in [0.25, 0.3) is 0 Å². The quantitative estimate of drug-likeness (QED) is 0.649. The molecule has 4 rings (SSSR count). The number of fused-ring (bicyclic) bond motifs is 1. The largest absolute Gasteiger partial charge is 0.497 e. The molecule has 1 aliphatic rings. The molecule has 3 heteroatoms. The second-order valence-electron chi connectivity index (χ2n) is 5.73. The van der Waals surface area contributed by atoms with Gasteiger partial charge in [-0.15, -0.1) is 0 Å². The van der Waals surface area contributed by atoms with E-state index in [9.17, 15) is 4.79 Å². The maximum Gasteiger partial charge on any atom is 0.344 e. The van der Waals surface area contributed by atoms with Gasteiger partial charge >= 0.3 is 5.97 Å². The number of esters is 1. The maximum absolute atomic E-state index is 12.3. The molecule has 25 heavy (non-hydrogen) atoms. The first-order valence-corrected chi connectivity index (χ1v) is 8.03. The van der Waals surface area contributed by atoms with Gasteiger partial charge in [0, 0.05) is 11.1 Å². The van der Waals surface area contributed by atoms with Gasteiger partial charge in [-0.3, -0.25) is 0 Å². The lowest BCUT2D eigenvalue weighted by molar-refractivity contribution is 0.0716. The highest BCUT2D eigenvalue weighted by molar-refractivity contribution is 6.10. The van der Waals surface area contributed by atoms with E-state index < -0.39 is 0 Å². The van der Waals surface area contributed by atoms with Crippen LogP contribution in [0.25, 0.3) is 11.3 Å². The zero-order chi connectivity index (χ0) is 17.2. The minimum atomic E-state index is -0.312. The third kappa shape index (κ3) is 2.70. The number of ether oxygens (including phenoxy) is 2. The monoisotopic (exact) mass is 328 g/mol. The summed E-state index contributed by atoms with van der Waals surface area (Å²) in [6.07, 6.45) is 0. The molecule has 0 aromatic heterocycles. The highest BCUT2D eigenvalue weighted by Crippen LogP contribution is 2.39. The van der Waals surface area contributed by atoms with Crippen molar-refractivity contribution in [1.82, 2.24) is 0 Å². The zero-order valence-corrected chi connectivity index (χ0v) is 13.7. The van der Waals surface area contributed by atoms with E-state index in [-0.39, 0.29) is 5.97 Å². The Kier molecular flexibility index (Phi) is 3.82. The Morgan fingerprint density at radius 1 is 0.760 bits per heavy atom. The highest BCUT2D eigenvalue weighted by Gasteiger charge is 2.29. The predicted octanol–water partition coefficient (Wildman–Crippen LogP) is 4.78. The fraction of sp³-hybridized carbons (Fsp3) is 0.0455. The molecule has 0 unspecified atom stereocenters. The van der Waals surface area contributed by atoms with E-state index in [0.29, 0.717) is 11.3 Å². The van der Waals surface area contributed by atoms with E-state index in [1.807, 2.05) is 72.8 Å². The molecule has 0 saturated heterocycles. The lowest BCUT2D eigenvalue weighted by Crippen LogP contribution is -1.96. The standard InChI is InChI=1S/C22H16O3/c1-24-17-13-11-16(12-14-17)20(15-7-3-2-4-8-15)21-18-9-5-6-10-19(18)22(23)25-21/h2-14H,1H3/b21-20+. The van der Waals surface area contributed by atoms with Gasteiger partial charge in [0.15, 0.2) is 0 Å². The van der Waals surface area contributed by atoms with Gasteiger partial charge in [-0.1, -0.05) is 60.7 Å². The summed E-state index contributed by atoms with van der Waals surface area (Å²) in [4.78, 5) is 12.3. The molecule has 0 fully saturated rings. The van der Waals surface area contributed by atoms with E-state index in [2.05, 4.69) is 0 Å². The first-order chi connectivity index (χ1) is 12.3. The molecule has 1 aliphatic heterocycles. The van der Waals surface area contributed by atoms with E-state index in [4.69, 9.17) is 9.47 Å². The normalized spacial score (nSPS) is 14.7. The Labute approximate surface area is 146 Å². The number of cyclic esters (lactones) is 1. The molecule has 0 amide bonds. The van der Waals surface area contributed by atoms with Crippen LogP contribution in [0.5, 0.6) is 5.75 Å². The molecule has 122 valence electrons. The van der Waals surface area contributed by atoms with Crippen LogP contribution in [0.15, 0.2) is 78.9 Å². The highest BCUT2D eigenvalue weighted by atomic mass is 16.5. The van der Waals surface area contributed by atoms with Crippen molar-refractivity contribution in [2.24, 2.45) is 0 Å². The van der Waals surface area contributed by atoms with Gasteiger partial charge in [0.2, 0.25) is 0 Å². The summed E-state index contributed by atoms with van der Waals surface area (Å²) in [5, 5.41) is 0. The van der Waals surface area contributed by atoms with E-state index in [1.54, 1.807) is 13.2 Å². The first kappa shape index (κ1) is 15.2. The minimum absolute atomic E-state index is 0.312. The van der Waals surface area contributed by atoms with E-state index in [0.717, 1.165) is 28.0 Å². The van der Waals surface area contributed by atoms with Gasteiger partial charge in [0.05, 0.1) is 12.7 Å². The van der Waals surface area contributed by atoms with Crippen LogP contribution >= 0.6 is 0 Å². The van der Waals surface area contributed by atoms with Gasteiger partial charge in [-0.25, -0.2) is 4.79 Å². The van der Waals surface area contributed by atoms with Crippen LogP contribution in [0.4, 0.5) is 0 Å². The van der Waals surface area contributed by atoms with Crippen molar-refractivity contribution in [1.29, 1.82) is 0 Å². The van der Waals surface area contributed by atoms with Gasteiger partial charge < -0.3 is 9.47 Å². The van der Waals surface area contributed by atoms with Crippen molar-refractivity contribution in [2.75, 3.05) is 7.11 Å². The number of hydrogen-bond donors (Lipinski definition) is 0. The number of carbonyl (C=O) groups is 1. The molecule has 3 nitrogen and oxygen atoms in total. The molecule has 3 aromatic rings. The number of rotatable bonds is 3. The number of benzene rings is 3.